The summed E-state index contributed by atoms with van der Waals surface area (Å²) in [5.41, 5.74) is 6.64. The van der Waals surface area contributed by atoms with Gasteiger partial charge in [0.1, 0.15) is 5.69 Å². The van der Waals surface area contributed by atoms with Crippen molar-refractivity contribution in [1.29, 1.82) is 0 Å². The molecule has 1 rings (SSSR count). The minimum atomic E-state index is -0.139. The van der Waals surface area contributed by atoms with Crippen LogP contribution in [0.2, 0.25) is 0 Å². The summed E-state index contributed by atoms with van der Waals surface area (Å²) in [6.07, 6.45) is 0. The van der Waals surface area contributed by atoms with Crippen molar-refractivity contribution >= 4 is 5.91 Å². The van der Waals surface area contributed by atoms with Crippen LogP contribution < -0.4 is 11.1 Å². The minimum absolute atomic E-state index is 0.139. The molecule has 0 fully saturated rings. The Labute approximate surface area is 94.8 Å². The van der Waals surface area contributed by atoms with E-state index >= 15 is 0 Å². The number of nitrogens with two attached hydrogens (primary N) is 1. The van der Waals surface area contributed by atoms with Crippen LogP contribution in [-0.2, 0) is 11.8 Å². The van der Waals surface area contributed by atoms with Gasteiger partial charge in [-0.2, -0.15) is 5.10 Å². The quantitative estimate of drug-likeness (QED) is 0.637. The molecule has 1 heterocycles. The van der Waals surface area contributed by atoms with Gasteiger partial charge in [0.05, 0.1) is 18.9 Å². The summed E-state index contributed by atoms with van der Waals surface area (Å²) in [6.45, 7) is 3.81. The monoisotopic (exact) mass is 226 g/mol. The number of hydrogen-bond acceptors (Lipinski definition) is 4. The smallest absolute Gasteiger partial charge is 0.269 e. The standard InChI is InChI=1S/C10H18N4O2/c1-8-7-9(14(2)13-8)10(15)12-4-6-16-5-3-11/h7H,3-6,11H2,1-2H3,(H,12,15). The normalized spacial score (nSPS) is 10.4. The zero-order chi connectivity index (χ0) is 12.0. The van der Waals surface area contributed by atoms with Crippen LogP contribution in [-0.4, -0.2) is 42.0 Å². The first kappa shape index (κ1) is 12.7. The van der Waals surface area contributed by atoms with Gasteiger partial charge in [-0.05, 0) is 13.0 Å². The summed E-state index contributed by atoms with van der Waals surface area (Å²) < 4.78 is 6.70. The zero-order valence-electron chi connectivity index (χ0n) is 9.69. The van der Waals surface area contributed by atoms with Gasteiger partial charge in [-0.3, -0.25) is 9.48 Å². The van der Waals surface area contributed by atoms with Crippen LogP contribution in [0.25, 0.3) is 0 Å². The molecule has 16 heavy (non-hydrogen) atoms. The number of carbonyl (C=O) groups excluding carboxylic acids is 1. The number of ether oxygens (including phenoxy) is 1. The molecule has 3 N–H and O–H groups in total. The molecule has 1 aromatic rings. The van der Waals surface area contributed by atoms with Gasteiger partial charge in [-0.25, -0.2) is 0 Å². The maximum atomic E-state index is 11.7. The molecule has 0 aliphatic rings. The van der Waals surface area contributed by atoms with Gasteiger partial charge in [-0.1, -0.05) is 0 Å². The lowest BCUT2D eigenvalue weighted by Crippen LogP contribution is -2.29. The van der Waals surface area contributed by atoms with Crippen molar-refractivity contribution < 1.29 is 9.53 Å². The molecule has 6 nitrogen and oxygen atoms in total. The van der Waals surface area contributed by atoms with E-state index in [9.17, 15) is 4.79 Å². The van der Waals surface area contributed by atoms with E-state index in [2.05, 4.69) is 10.4 Å². The minimum Gasteiger partial charge on any atom is -0.378 e. The highest BCUT2D eigenvalue weighted by atomic mass is 16.5. The Kier molecular flexibility index (Phi) is 4.94. The summed E-state index contributed by atoms with van der Waals surface area (Å²) >= 11 is 0. The number of aromatic nitrogens is 2. The number of rotatable bonds is 6. The molecular formula is C10H18N4O2. The fourth-order valence-electron chi connectivity index (χ4n) is 1.34. The van der Waals surface area contributed by atoms with Crippen LogP contribution in [0.5, 0.6) is 0 Å². The summed E-state index contributed by atoms with van der Waals surface area (Å²) in [6, 6.07) is 1.75. The second-order valence-electron chi connectivity index (χ2n) is 3.45. The molecular weight excluding hydrogens is 208 g/mol. The van der Waals surface area contributed by atoms with Crippen LogP contribution in [0.4, 0.5) is 0 Å². The van der Waals surface area contributed by atoms with Crippen molar-refractivity contribution in [3.8, 4) is 0 Å². The third-order valence-corrected chi connectivity index (χ3v) is 2.03. The van der Waals surface area contributed by atoms with Gasteiger partial charge < -0.3 is 15.8 Å². The van der Waals surface area contributed by atoms with Crippen LogP contribution >= 0.6 is 0 Å². The number of nitrogens with one attached hydrogen (secondary N) is 1. The van der Waals surface area contributed by atoms with Gasteiger partial charge in [0.2, 0.25) is 0 Å². The molecule has 0 bridgehead atoms. The van der Waals surface area contributed by atoms with Gasteiger partial charge in [-0.15, -0.1) is 0 Å². The molecule has 0 aromatic carbocycles. The number of aryl methyl sites for hydroxylation is 2. The van der Waals surface area contributed by atoms with Crippen molar-refractivity contribution in [2.75, 3.05) is 26.3 Å². The van der Waals surface area contributed by atoms with E-state index in [0.29, 0.717) is 32.0 Å². The molecule has 90 valence electrons. The third-order valence-electron chi connectivity index (χ3n) is 2.03. The van der Waals surface area contributed by atoms with E-state index in [1.807, 2.05) is 6.92 Å². The Balaban J connectivity index is 2.33. The molecule has 0 aliphatic heterocycles. The zero-order valence-corrected chi connectivity index (χ0v) is 9.69. The van der Waals surface area contributed by atoms with Crippen molar-refractivity contribution in [3.05, 3.63) is 17.5 Å². The van der Waals surface area contributed by atoms with Gasteiger partial charge in [0.15, 0.2) is 0 Å². The van der Waals surface area contributed by atoms with Crippen molar-refractivity contribution in [2.45, 2.75) is 6.92 Å². The number of hydrogen-bond donors (Lipinski definition) is 2. The molecule has 6 heteroatoms. The first-order valence-corrected chi connectivity index (χ1v) is 5.22. The highest BCUT2D eigenvalue weighted by Gasteiger charge is 2.10. The average Bonchev–Trinajstić information content (AvgIpc) is 2.57. The number of nitrogens with zero attached hydrogens (tertiary/aromatic N) is 2. The molecule has 0 saturated carbocycles. The molecule has 0 radical (unpaired) electrons. The highest BCUT2D eigenvalue weighted by molar-refractivity contribution is 5.92. The lowest BCUT2D eigenvalue weighted by atomic mass is 10.3. The van der Waals surface area contributed by atoms with Crippen LogP contribution in [0.15, 0.2) is 6.07 Å². The predicted octanol–water partition coefficient (Wildman–Crippen LogP) is -0.566. The Morgan fingerprint density at radius 3 is 2.94 bits per heavy atom. The lowest BCUT2D eigenvalue weighted by Gasteiger charge is -2.05. The van der Waals surface area contributed by atoms with E-state index in [1.54, 1.807) is 17.8 Å². The van der Waals surface area contributed by atoms with Crippen molar-refractivity contribution in [3.63, 3.8) is 0 Å². The molecule has 0 saturated heterocycles. The molecule has 0 spiro atoms. The maximum absolute atomic E-state index is 11.7. The lowest BCUT2D eigenvalue weighted by molar-refractivity contribution is 0.0911. The topological polar surface area (TPSA) is 82.2 Å². The van der Waals surface area contributed by atoms with Gasteiger partial charge in [0.25, 0.3) is 5.91 Å². The van der Waals surface area contributed by atoms with Gasteiger partial charge in [0, 0.05) is 20.1 Å². The van der Waals surface area contributed by atoms with E-state index in [1.165, 1.54) is 0 Å². The van der Waals surface area contributed by atoms with E-state index in [-0.39, 0.29) is 5.91 Å². The van der Waals surface area contributed by atoms with E-state index in [4.69, 9.17) is 10.5 Å². The average molecular weight is 226 g/mol. The predicted molar refractivity (Wildman–Crippen MR) is 60.2 cm³/mol. The van der Waals surface area contributed by atoms with E-state index in [0.717, 1.165) is 5.69 Å². The summed E-state index contributed by atoms with van der Waals surface area (Å²) in [4.78, 5) is 11.7. The first-order chi connectivity index (χ1) is 7.65. The largest absolute Gasteiger partial charge is 0.378 e. The van der Waals surface area contributed by atoms with Crippen LogP contribution in [0.3, 0.4) is 0 Å². The first-order valence-electron chi connectivity index (χ1n) is 5.22. The van der Waals surface area contributed by atoms with Crippen molar-refractivity contribution in [1.82, 2.24) is 15.1 Å². The Bertz CT molecular complexity index is 349. The van der Waals surface area contributed by atoms with Crippen molar-refractivity contribution in [2.24, 2.45) is 12.8 Å². The SMILES string of the molecule is Cc1cc(C(=O)NCCOCCN)n(C)n1. The molecule has 0 aliphatic carbocycles. The molecule has 1 amide bonds. The van der Waals surface area contributed by atoms with Crippen LogP contribution in [0, 0.1) is 6.92 Å². The Morgan fingerprint density at radius 2 is 2.38 bits per heavy atom. The second-order valence-corrected chi connectivity index (χ2v) is 3.45. The fraction of sp³-hybridized carbons (Fsp3) is 0.600. The second kappa shape index (κ2) is 6.24. The highest BCUT2D eigenvalue weighted by Crippen LogP contribution is 2.00. The van der Waals surface area contributed by atoms with E-state index < -0.39 is 0 Å². The van der Waals surface area contributed by atoms with Crippen LogP contribution in [0.1, 0.15) is 16.2 Å². The molecule has 0 atom stereocenters. The number of carbonyl (C=O) groups is 1. The fourth-order valence-corrected chi connectivity index (χ4v) is 1.34. The Morgan fingerprint density at radius 1 is 1.62 bits per heavy atom. The molecule has 1 aromatic heterocycles. The third kappa shape index (κ3) is 3.63. The Hall–Kier alpha value is -1.40. The maximum Gasteiger partial charge on any atom is 0.269 e. The summed E-state index contributed by atoms with van der Waals surface area (Å²) in [5.74, 6) is -0.139. The summed E-state index contributed by atoms with van der Waals surface area (Å²) in [7, 11) is 1.74. The molecule has 0 unspecified atom stereocenters. The summed E-state index contributed by atoms with van der Waals surface area (Å²) in [5, 5.41) is 6.84. The van der Waals surface area contributed by atoms with Gasteiger partial charge >= 0.3 is 0 Å². The number of amides is 1.